The highest BCUT2D eigenvalue weighted by Crippen LogP contribution is 2.43. The molecule has 7 nitrogen and oxygen atoms in total. The number of carbonyl (C=O) groups is 1. The number of thiophene rings is 1. The van der Waals surface area contributed by atoms with Gasteiger partial charge in [0, 0.05) is 31.7 Å². The van der Waals surface area contributed by atoms with E-state index in [2.05, 4.69) is 44.6 Å². The highest BCUT2D eigenvalue weighted by atomic mass is 32.1. The van der Waals surface area contributed by atoms with E-state index in [1.54, 1.807) is 11.3 Å². The number of nitrogens with one attached hydrogen (secondary N) is 1. The average molecular weight is 430 g/mol. The molecular weight excluding hydrogens is 398 g/mol. The van der Waals surface area contributed by atoms with Crippen LogP contribution in [0.3, 0.4) is 0 Å². The molecule has 0 bridgehead atoms. The smallest absolute Gasteiger partial charge is 0.240 e. The van der Waals surface area contributed by atoms with E-state index in [1.807, 2.05) is 11.1 Å². The number of amides is 1. The number of ether oxygens (including phenoxy) is 1. The molecule has 3 aliphatic heterocycles. The van der Waals surface area contributed by atoms with Crippen LogP contribution in [0.15, 0.2) is 23.7 Å². The molecular formula is C22H31N5O2S. The molecule has 1 unspecified atom stereocenters. The maximum Gasteiger partial charge on any atom is 0.240 e. The molecule has 3 fully saturated rings. The molecule has 3 saturated heterocycles. The summed E-state index contributed by atoms with van der Waals surface area (Å²) >= 11 is 1.75. The summed E-state index contributed by atoms with van der Waals surface area (Å²) in [6.07, 6.45) is 5.30. The van der Waals surface area contributed by atoms with Crippen LogP contribution in [0.1, 0.15) is 24.8 Å². The second-order valence-electron chi connectivity index (χ2n) is 9.10. The van der Waals surface area contributed by atoms with Gasteiger partial charge in [0.1, 0.15) is 0 Å². The number of aromatic nitrogens is 2. The van der Waals surface area contributed by atoms with Gasteiger partial charge < -0.3 is 9.64 Å². The van der Waals surface area contributed by atoms with Crippen molar-refractivity contribution in [3.63, 3.8) is 0 Å². The van der Waals surface area contributed by atoms with Crippen molar-refractivity contribution in [3.8, 4) is 10.6 Å². The van der Waals surface area contributed by atoms with Gasteiger partial charge in [0.05, 0.1) is 36.0 Å². The van der Waals surface area contributed by atoms with Crippen LogP contribution in [0.4, 0.5) is 0 Å². The number of hydrogen-bond donors (Lipinski definition) is 1. The van der Waals surface area contributed by atoms with Crippen molar-refractivity contribution in [2.24, 2.45) is 5.41 Å². The van der Waals surface area contributed by atoms with Gasteiger partial charge in [-0.15, -0.1) is 11.3 Å². The van der Waals surface area contributed by atoms with Gasteiger partial charge in [-0.3, -0.25) is 19.7 Å². The third kappa shape index (κ3) is 3.93. The number of rotatable bonds is 4. The van der Waals surface area contributed by atoms with Gasteiger partial charge in [-0.25, -0.2) is 0 Å². The zero-order valence-corrected chi connectivity index (χ0v) is 18.5. The van der Waals surface area contributed by atoms with E-state index in [9.17, 15) is 4.79 Å². The van der Waals surface area contributed by atoms with Crippen LogP contribution >= 0.6 is 11.3 Å². The Hall–Kier alpha value is -1.74. The fourth-order valence-electron chi connectivity index (χ4n) is 5.39. The number of likely N-dealkylation sites (N-methyl/N-ethyl adjacent to an activating group) is 1. The number of hydrogen-bond acceptors (Lipinski definition) is 6. The highest BCUT2D eigenvalue weighted by Gasteiger charge is 2.47. The lowest BCUT2D eigenvalue weighted by atomic mass is 9.76. The zero-order chi connectivity index (χ0) is 20.6. The van der Waals surface area contributed by atoms with Crippen LogP contribution < -0.4 is 0 Å². The van der Waals surface area contributed by atoms with Crippen molar-refractivity contribution < 1.29 is 9.53 Å². The largest absolute Gasteiger partial charge is 0.378 e. The predicted molar refractivity (Wildman–Crippen MR) is 117 cm³/mol. The Morgan fingerprint density at radius 1 is 1.30 bits per heavy atom. The van der Waals surface area contributed by atoms with Gasteiger partial charge in [-0.2, -0.15) is 5.10 Å². The van der Waals surface area contributed by atoms with Crippen molar-refractivity contribution in [2.75, 3.05) is 53.0 Å². The van der Waals surface area contributed by atoms with E-state index >= 15 is 0 Å². The van der Waals surface area contributed by atoms with Gasteiger partial charge in [0.15, 0.2) is 0 Å². The topological polar surface area (TPSA) is 64.7 Å². The lowest BCUT2D eigenvalue weighted by molar-refractivity contribution is -0.139. The number of carbonyl (C=O) groups excluding carboxylic acids is 1. The molecule has 0 aromatic carbocycles. The second kappa shape index (κ2) is 8.42. The van der Waals surface area contributed by atoms with Crippen molar-refractivity contribution in [3.05, 3.63) is 29.3 Å². The molecule has 2 aromatic heterocycles. The summed E-state index contributed by atoms with van der Waals surface area (Å²) in [7, 11) is 2.13. The molecule has 0 saturated carbocycles. The summed E-state index contributed by atoms with van der Waals surface area (Å²) in [6.45, 7) is 6.96. The molecule has 3 aliphatic rings. The summed E-state index contributed by atoms with van der Waals surface area (Å²) in [5.41, 5.74) is 2.71. The van der Waals surface area contributed by atoms with Crippen LogP contribution in [0.5, 0.6) is 0 Å². The molecule has 1 N–H and O–H groups in total. The van der Waals surface area contributed by atoms with Crippen molar-refractivity contribution >= 4 is 17.2 Å². The van der Waals surface area contributed by atoms with Gasteiger partial charge in [0.2, 0.25) is 5.91 Å². The number of morpholine rings is 1. The Balaban J connectivity index is 1.19. The first-order chi connectivity index (χ1) is 14.6. The van der Waals surface area contributed by atoms with Crippen LogP contribution in [-0.2, 0) is 16.1 Å². The van der Waals surface area contributed by atoms with Crippen molar-refractivity contribution in [1.82, 2.24) is 24.9 Å². The molecule has 1 spiro atoms. The minimum absolute atomic E-state index is 0.0361. The first-order valence-corrected chi connectivity index (χ1v) is 11.9. The number of nitrogens with zero attached hydrogens (tertiary/aromatic N) is 4. The van der Waals surface area contributed by atoms with Gasteiger partial charge in [-0.05, 0) is 56.3 Å². The average Bonchev–Trinajstić information content (AvgIpc) is 3.51. The number of H-pyrrole nitrogens is 1. The molecule has 5 rings (SSSR count). The van der Waals surface area contributed by atoms with Crippen LogP contribution in [0.25, 0.3) is 10.6 Å². The monoisotopic (exact) mass is 429 g/mol. The lowest BCUT2D eigenvalue weighted by Gasteiger charge is -2.39. The van der Waals surface area contributed by atoms with E-state index in [4.69, 9.17) is 4.74 Å². The lowest BCUT2D eigenvalue weighted by Crippen LogP contribution is -2.48. The summed E-state index contributed by atoms with van der Waals surface area (Å²) in [5, 5.41) is 9.58. The normalized spacial score (nSPS) is 25.2. The first kappa shape index (κ1) is 20.2. The molecule has 1 atom stereocenters. The van der Waals surface area contributed by atoms with Gasteiger partial charge in [0.25, 0.3) is 0 Å². The van der Waals surface area contributed by atoms with Crippen molar-refractivity contribution in [2.45, 2.75) is 31.8 Å². The Morgan fingerprint density at radius 3 is 2.83 bits per heavy atom. The predicted octanol–water partition coefficient (Wildman–Crippen LogP) is 2.28. The summed E-state index contributed by atoms with van der Waals surface area (Å²) in [5.74, 6) is 0.305. The van der Waals surface area contributed by atoms with Crippen LogP contribution in [0, 0.1) is 5.41 Å². The SMILES string of the molecule is CN1CC2(CCN(Cc3cn[nH]c3-c3cccs3)CC2)CC1C(=O)N1CCOCC1. The molecule has 0 radical (unpaired) electrons. The number of likely N-dealkylation sites (tertiary alicyclic amines) is 2. The first-order valence-electron chi connectivity index (χ1n) is 11.0. The van der Waals surface area contributed by atoms with E-state index in [0.717, 1.165) is 64.2 Å². The number of piperidine rings is 1. The van der Waals surface area contributed by atoms with Gasteiger partial charge >= 0.3 is 0 Å². The van der Waals surface area contributed by atoms with Crippen molar-refractivity contribution in [1.29, 1.82) is 0 Å². The molecule has 30 heavy (non-hydrogen) atoms. The Kier molecular flexibility index (Phi) is 5.66. The Morgan fingerprint density at radius 2 is 2.10 bits per heavy atom. The van der Waals surface area contributed by atoms with E-state index in [-0.39, 0.29) is 11.5 Å². The van der Waals surface area contributed by atoms with E-state index in [1.165, 1.54) is 10.4 Å². The van der Waals surface area contributed by atoms with E-state index < -0.39 is 0 Å². The minimum atomic E-state index is 0.0361. The number of aromatic amines is 1. The molecule has 162 valence electrons. The fourth-order valence-corrected chi connectivity index (χ4v) is 6.15. The van der Waals surface area contributed by atoms with E-state index in [0.29, 0.717) is 19.1 Å². The second-order valence-corrected chi connectivity index (χ2v) is 10.0. The third-order valence-corrected chi connectivity index (χ3v) is 8.03. The van der Waals surface area contributed by atoms with Crippen LogP contribution in [0.2, 0.25) is 0 Å². The molecule has 0 aliphatic carbocycles. The summed E-state index contributed by atoms with van der Waals surface area (Å²) in [4.78, 5) is 21.2. The zero-order valence-electron chi connectivity index (χ0n) is 17.7. The molecule has 5 heterocycles. The Bertz CT molecular complexity index is 853. The summed E-state index contributed by atoms with van der Waals surface area (Å²) < 4.78 is 5.42. The maximum absolute atomic E-state index is 13.1. The highest BCUT2D eigenvalue weighted by molar-refractivity contribution is 7.13. The minimum Gasteiger partial charge on any atom is -0.378 e. The van der Waals surface area contributed by atoms with Gasteiger partial charge in [-0.1, -0.05) is 6.07 Å². The standard InChI is InChI=1S/C22H31N5O2S/c1-25-16-22(13-18(25)21(28)27-8-10-29-11-9-27)4-6-26(7-5-22)15-17-14-23-24-20(17)19-3-2-12-30-19/h2-3,12,14,18H,4-11,13,15-16H2,1H3,(H,23,24). The Labute approximate surface area is 182 Å². The molecule has 1 amide bonds. The molecule has 8 heteroatoms. The maximum atomic E-state index is 13.1. The molecule has 2 aromatic rings. The fraction of sp³-hybridized carbons (Fsp3) is 0.636. The summed E-state index contributed by atoms with van der Waals surface area (Å²) in [6, 6.07) is 4.27. The van der Waals surface area contributed by atoms with Crippen LogP contribution in [-0.4, -0.2) is 89.8 Å². The quantitative estimate of drug-likeness (QED) is 0.808. The third-order valence-electron chi connectivity index (χ3n) is 7.15.